The van der Waals surface area contributed by atoms with Crippen molar-refractivity contribution in [1.82, 2.24) is 24.2 Å². The lowest BCUT2D eigenvalue weighted by Crippen LogP contribution is -2.29. The van der Waals surface area contributed by atoms with Crippen molar-refractivity contribution in [1.29, 1.82) is 0 Å². The number of sulfonamides is 1. The molecule has 0 radical (unpaired) electrons. The molecule has 10 heteroatoms. The van der Waals surface area contributed by atoms with Gasteiger partial charge in [0.15, 0.2) is 5.03 Å². The predicted octanol–water partition coefficient (Wildman–Crippen LogP) is 0.509. The number of imidazole rings is 1. The summed E-state index contributed by atoms with van der Waals surface area (Å²) < 4.78 is 28.6. The summed E-state index contributed by atoms with van der Waals surface area (Å²) in [7, 11) is -1.84. The molecule has 0 amide bonds. The van der Waals surface area contributed by atoms with E-state index in [0.29, 0.717) is 18.2 Å². The molecule has 1 aliphatic rings. The third-order valence-corrected chi connectivity index (χ3v) is 5.50. The topological polar surface area (TPSA) is 105 Å². The highest BCUT2D eigenvalue weighted by Gasteiger charge is 2.18. The van der Waals surface area contributed by atoms with Crippen LogP contribution in [-0.4, -0.2) is 54.1 Å². The standard InChI is InChI=1S/C15H23N7O2S/c1-12-20-15(10-21(12)2)25(23,24)19-6-5-16-13-9-14(18-11-17-13)22-7-3-4-8-22/h9-11,19H,3-8H2,1-2H3,(H,16,17,18). The van der Waals surface area contributed by atoms with Gasteiger partial charge in [-0.3, -0.25) is 0 Å². The molecule has 1 aliphatic heterocycles. The smallest absolute Gasteiger partial charge is 0.259 e. The first-order valence-corrected chi connectivity index (χ1v) is 9.74. The van der Waals surface area contributed by atoms with E-state index in [-0.39, 0.29) is 11.6 Å². The van der Waals surface area contributed by atoms with Crippen LogP contribution >= 0.6 is 0 Å². The van der Waals surface area contributed by atoms with E-state index in [1.807, 2.05) is 6.07 Å². The lowest BCUT2D eigenvalue weighted by molar-refractivity contribution is 0.579. The van der Waals surface area contributed by atoms with E-state index in [4.69, 9.17) is 0 Å². The molecule has 2 N–H and O–H groups in total. The van der Waals surface area contributed by atoms with Crippen molar-refractivity contribution in [2.24, 2.45) is 7.05 Å². The molecule has 0 aromatic carbocycles. The van der Waals surface area contributed by atoms with Crippen molar-refractivity contribution in [3.63, 3.8) is 0 Å². The summed E-state index contributed by atoms with van der Waals surface area (Å²) in [5.74, 6) is 2.23. The van der Waals surface area contributed by atoms with Gasteiger partial charge in [0.25, 0.3) is 10.0 Å². The highest BCUT2D eigenvalue weighted by molar-refractivity contribution is 7.89. The van der Waals surface area contributed by atoms with E-state index in [1.165, 1.54) is 25.4 Å². The summed E-state index contributed by atoms with van der Waals surface area (Å²) in [5.41, 5.74) is 0. The van der Waals surface area contributed by atoms with Crippen LogP contribution in [0.5, 0.6) is 0 Å². The molecule has 3 heterocycles. The Balaban J connectivity index is 1.52. The van der Waals surface area contributed by atoms with E-state index >= 15 is 0 Å². The van der Waals surface area contributed by atoms with Crippen molar-refractivity contribution >= 4 is 21.7 Å². The van der Waals surface area contributed by atoms with Crippen molar-refractivity contribution in [3.8, 4) is 0 Å². The van der Waals surface area contributed by atoms with Gasteiger partial charge in [-0.25, -0.2) is 28.1 Å². The second kappa shape index (κ2) is 7.36. The molecule has 0 aliphatic carbocycles. The summed E-state index contributed by atoms with van der Waals surface area (Å²) in [6.45, 7) is 4.44. The largest absolute Gasteiger partial charge is 0.369 e. The zero-order valence-electron chi connectivity index (χ0n) is 14.4. The molecule has 0 saturated carbocycles. The minimum Gasteiger partial charge on any atom is -0.369 e. The minimum atomic E-state index is -3.60. The summed E-state index contributed by atoms with van der Waals surface area (Å²) >= 11 is 0. The molecule has 2 aromatic heterocycles. The maximum atomic E-state index is 12.2. The van der Waals surface area contributed by atoms with Crippen LogP contribution in [0, 0.1) is 6.92 Å². The molecular weight excluding hydrogens is 342 g/mol. The van der Waals surface area contributed by atoms with Crippen LogP contribution in [0.15, 0.2) is 23.6 Å². The highest BCUT2D eigenvalue weighted by Crippen LogP contribution is 2.19. The van der Waals surface area contributed by atoms with Gasteiger partial charge in [0.1, 0.15) is 23.8 Å². The predicted molar refractivity (Wildman–Crippen MR) is 95.1 cm³/mol. The van der Waals surface area contributed by atoms with Crippen molar-refractivity contribution in [2.45, 2.75) is 24.8 Å². The first kappa shape index (κ1) is 17.6. The lowest BCUT2D eigenvalue weighted by Gasteiger charge is -2.16. The molecule has 136 valence electrons. The highest BCUT2D eigenvalue weighted by atomic mass is 32.2. The fraction of sp³-hybridized carbons (Fsp3) is 0.533. The van der Waals surface area contributed by atoms with Gasteiger partial charge in [0, 0.05) is 45.5 Å². The van der Waals surface area contributed by atoms with Gasteiger partial charge in [-0.15, -0.1) is 0 Å². The van der Waals surface area contributed by atoms with Crippen LogP contribution in [0.25, 0.3) is 0 Å². The van der Waals surface area contributed by atoms with Crippen LogP contribution in [0.1, 0.15) is 18.7 Å². The Morgan fingerprint density at radius 1 is 1.20 bits per heavy atom. The van der Waals surface area contributed by atoms with Gasteiger partial charge in [-0.1, -0.05) is 0 Å². The zero-order valence-corrected chi connectivity index (χ0v) is 15.3. The number of nitrogens with one attached hydrogen (secondary N) is 2. The fourth-order valence-electron chi connectivity index (χ4n) is 2.67. The lowest BCUT2D eigenvalue weighted by atomic mass is 10.4. The molecule has 0 bridgehead atoms. The Bertz CT molecular complexity index is 809. The Morgan fingerprint density at radius 3 is 2.64 bits per heavy atom. The first-order valence-electron chi connectivity index (χ1n) is 8.26. The average Bonchev–Trinajstić information content (AvgIpc) is 3.23. The van der Waals surface area contributed by atoms with E-state index in [9.17, 15) is 8.42 Å². The first-order chi connectivity index (χ1) is 12.0. The van der Waals surface area contributed by atoms with Crippen molar-refractivity contribution in [3.05, 3.63) is 24.4 Å². The third-order valence-electron chi connectivity index (χ3n) is 4.17. The van der Waals surface area contributed by atoms with E-state index in [0.717, 1.165) is 18.9 Å². The van der Waals surface area contributed by atoms with Gasteiger partial charge in [0.05, 0.1) is 0 Å². The molecule has 9 nitrogen and oxygen atoms in total. The van der Waals surface area contributed by atoms with Crippen molar-refractivity contribution in [2.75, 3.05) is 36.4 Å². The van der Waals surface area contributed by atoms with Crippen LogP contribution in [0.3, 0.4) is 0 Å². The molecule has 1 fully saturated rings. The monoisotopic (exact) mass is 365 g/mol. The average molecular weight is 365 g/mol. The Hall–Kier alpha value is -2.20. The van der Waals surface area contributed by atoms with Gasteiger partial charge in [-0.05, 0) is 19.8 Å². The molecule has 25 heavy (non-hydrogen) atoms. The number of aromatic nitrogens is 4. The van der Waals surface area contributed by atoms with E-state index in [1.54, 1.807) is 18.5 Å². The number of anilines is 2. The summed E-state index contributed by atoms with van der Waals surface area (Å²) in [4.78, 5) is 14.7. The van der Waals surface area contributed by atoms with Crippen molar-refractivity contribution < 1.29 is 8.42 Å². The normalized spacial score (nSPS) is 14.9. The second-order valence-corrected chi connectivity index (χ2v) is 7.73. The van der Waals surface area contributed by atoms with Gasteiger partial charge in [0.2, 0.25) is 0 Å². The van der Waals surface area contributed by atoms with Crippen LogP contribution in [0.4, 0.5) is 11.6 Å². The number of nitrogens with zero attached hydrogens (tertiary/aromatic N) is 5. The van der Waals surface area contributed by atoms with Gasteiger partial charge < -0.3 is 14.8 Å². The third kappa shape index (κ3) is 4.26. The number of aryl methyl sites for hydroxylation is 2. The molecule has 3 rings (SSSR count). The van der Waals surface area contributed by atoms with Crippen LogP contribution < -0.4 is 14.9 Å². The zero-order chi connectivity index (χ0) is 17.9. The SMILES string of the molecule is Cc1nc(S(=O)(=O)NCCNc2cc(N3CCCC3)ncn2)cn1C. The molecule has 0 spiro atoms. The Morgan fingerprint density at radius 2 is 1.96 bits per heavy atom. The minimum absolute atomic E-state index is 0.0332. The number of hydrogen-bond acceptors (Lipinski definition) is 7. The maximum absolute atomic E-state index is 12.2. The number of hydrogen-bond donors (Lipinski definition) is 2. The van der Waals surface area contributed by atoms with E-state index < -0.39 is 10.0 Å². The molecular formula is C15H23N7O2S. The molecule has 1 saturated heterocycles. The van der Waals surface area contributed by atoms with Gasteiger partial charge in [-0.2, -0.15) is 0 Å². The van der Waals surface area contributed by atoms with Gasteiger partial charge >= 0.3 is 0 Å². The molecule has 0 atom stereocenters. The Kier molecular flexibility index (Phi) is 5.19. The molecule has 0 unspecified atom stereocenters. The summed E-state index contributed by atoms with van der Waals surface area (Å²) in [6.07, 6.45) is 5.39. The number of rotatable bonds is 7. The second-order valence-electron chi connectivity index (χ2n) is 6.02. The van der Waals surface area contributed by atoms with E-state index in [2.05, 4.69) is 29.9 Å². The molecule has 2 aromatic rings. The summed E-state index contributed by atoms with van der Waals surface area (Å²) in [5, 5.41) is 3.15. The maximum Gasteiger partial charge on any atom is 0.259 e. The quantitative estimate of drug-likeness (QED) is 0.689. The Labute approximate surface area is 147 Å². The summed E-state index contributed by atoms with van der Waals surface area (Å²) in [6, 6.07) is 1.89. The van der Waals surface area contributed by atoms with Crippen LogP contribution in [-0.2, 0) is 17.1 Å². The van der Waals surface area contributed by atoms with Crippen LogP contribution in [0.2, 0.25) is 0 Å². The fourth-order valence-corrected chi connectivity index (χ4v) is 3.74.